The third kappa shape index (κ3) is 6.40. The van der Waals surface area contributed by atoms with Crippen molar-refractivity contribution in [2.45, 2.75) is 77.6 Å². The van der Waals surface area contributed by atoms with Gasteiger partial charge >= 0.3 is 0 Å². The third-order valence-corrected chi connectivity index (χ3v) is 6.59. The highest BCUT2D eigenvalue weighted by molar-refractivity contribution is 5.57. The standard InChI is InChI=1S/C28H35F3O/c1-3-7-20-10-14-22(15-11-20)23-16-12-21(13-17-23)8-5-6-9-24-18-19-25(32-4-2)27(29)26(24)28(30)31/h6,9,12-13,16-20,22,28H,3-5,7-8,10-11,14-15H2,1-2H3. The van der Waals surface area contributed by atoms with Crippen molar-refractivity contribution in [3.05, 3.63) is 70.5 Å². The maximum atomic E-state index is 14.4. The van der Waals surface area contributed by atoms with E-state index in [0.717, 1.165) is 12.3 Å². The lowest BCUT2D eigenvalue weighted by molar-refractivity contribution is 0.144. The van der Waals surface area contributed by atoms with E-state index in [-0.39, 0.29) is 17.9 Å². The fourth-order valence-electron chi connectivity index (χ4n) is 4.83. The number of hydrogen-bond donors (Lipinski definition) is 0. The van der Waals surface area contributed by atoms with Crippen molar-refractivity contribution >= 4 is 6.08 Å². The van der Waals surface area contributed by atoms with E-state index >= 15 is 0 Å². The van der Waals surface area contributed by atoms with Crippen LogP contribution >= 0.6 is 0 Å². The summed E-state index contributed by atoms with van der Waals surface area (Å²) in [5.74, 6) is 0.498. The summed E-state index contributed by atoms with van der Waals surface area (Å²) < 4.78 is 46.3. The fraction of sp³-hybridized carbons (Fsp3) is 0.500. The second-order valence-electron chi connectivity index (χ2n) is 8.80. The van der Waals surface area contributed by atoms with E-state index in [1.54, 1.807) is 13.0 Å². The fourth-order valence-corrected chi connectivity index (χ4v) is 4.83. The Kier molecular flexibility index (Phi) is 9.25. The Labute approximate surface area is 190 Å². The lowest BCUT2D eigenvalue weighted by Crippen LogP contribution is -2.13. The van der Waals surface area contributed by atoms with Crippen LogP contribution in [0.15, 0.2) is 42.5 Å². The molecule has 0 spiro atoms. The van der Waals surface area contributed by atoms with Gasteiger partial charge < -0.3 is 4.74 Å². The minimum atomic E-state index is -2.89. The van der Waals surface area contributed by atoms with Crippen LogP contribution in [-0.4, -0.2) is 6.61 Å². The van der Waals surface area contributed by atoms with Crippen LogP contribution in [0.25, 0.3) is 6.08 Å². The zero-order valence-corrected chi connectivity index (χ0v) is 19.3. The zero-order chi connectivity index (χ0) is 22.9. The van der Waals surface area contributed by atoms with Gasteiger partial charge in [0.05, 0.1) is 12.2 Å². The van der Waals surface area contributed by atoms with Crippen molar-refractivity contribution < 1.29 is 17.9 Å². The summed E-state index contributed by atoms with van der Waals surface area (Å²) >= 11 is 0. The van der Waals surface area contributed by atoms with E-state index in [2.05, 4.69) is 31.2 Å². The number of ether oxygens (including phenoxy) is 1. The van der Waals surface area contributed by atoms with Crippen molar-refractivity contribution in [2.24, 2.45) is 5.92 Å². The normalized spacial score (nSPS) is 19.1. The molecule has 2 aromatic carbocycles. The van der Waals surface area contributed by atoms with Crippen LogP contribution in [0.2, 0.25) is 0 Å². The highest BCUT2D eigenvalue weighted by atomic mass is 19.3. The Balaban J connectivity index is 1.55. The monoisotopic (exact) mass is 444 g/mol. The number of hydrogen-bond acceptors (Lipinski definition) is 1. The second-order valence-corrected chi connectivity index (χ2v) is 8.80. The largest absolute Gasteiger partial charge is 0.491 e. The van der Waals surface area contributed by atoms with Gasteiger partial charge in [0.25, 0.3) is 6.43 Å². The van der Waals surface area contributed by atoms with Gasteiger partial charge in [0.1, 0.15) is 0 Å². The number of allylic oxidation sites excluding steroid dienone is 1. The van der Waals surface area contributed by atoms with Crippen molar-refractivity contribution in [3.8, 4) is 5.75 Å². The van der Waals surface area contributed by atoms with E-state index in [0.29, 0.717) is 12.3 Å². The third-order valence-electron chi connectivity index (χ3n) is 6.59. The van der Waals surface area contributed by atoms with Crippen LogP contribution in [0.1, 0.15) is 93.4 Å². The van der Waals surface area contributed by atoms with E-state index in [9.17, 15) is 13.2 Å². The van der Waals surface area contributed by atoms with Crippen LogP contribution in [-0.2, 0) is 6.42 Å². The van der Waals surface area contributed by atoms with Gasteiger partial charge in [0, 0.05) is 0 Å². The highest BCUT2D eigenvalue weighted by Crippen LogP contribution is 2.37. The first-order valence-corrected chi connectivity index (χ1v) is 12.0. The van der Waals surface area contributed by atoms with Gasteiger partial charge in [-0.2, -0.15) is 0 Å². The SMILES string of the molecule is CCCC1CCC(c2ccc(CCC=Cc3ccc(OCC)c(F)c3C(F)F)cc2)CC1. The van der Waals surface area contributed by atoms with Crippen LogP contribution in [0.4, 0.5) is 13.2 Å². The molecule has 0 saturated heterocycles. The minimum Gasteiger partial charge on any atom is -0.491 e. The molecule has 2 aromatic rings. The zero-order valence-electron chi connectivity index (χ0n) is 19.3. The molecule has 3 rings (SSSR count). The average Bonchev–Trinajstić information content (AvgIpc) is 2.79. The van der Waals surface area contributed by atoms with Gasteiger partial charge in [-0.1, -0.05) is 62.2 Å². The van der Waals surface area contributed by atoms with Crippen LogP contribution in [0.3, 0.4) is 0 Å². The molecule has 1 nitrogen and oxygen atoms in total. The summed E-state index contributed by atoms with van der Waals surface area (Å²) in [6.07, 6.45) is 9.98. The van der Waals surface area contributed by atoms with Gasteiger partial charge in [0.2, 0.25) is 0 Å². The van der Waals surface area contributed by atoms with Crippen molar-refractivity contribution in [1.29, 1.82) is 0 Å². The average molecular weight is 445 g/mol. The molecular weight excluding hydrogens is 409 g/mol. The first kappa shape index (κ1) is 24.4. The molecule has 1 fully saturated rings. The van der Waals surface area contributed by atoms with Crippen LogP contribution < -0.4 is 4.74 Å². The van der Waals surface area contributed by atoms with Crippen molar-refractivity contribution in [2.75, 3.05) is 6.61 Å². The van der Waals surface area contributed by atoms with Crippen LogP contribution in [0, 0.1) is 11.7 Å². The highest BCUT2D eigenvalue weighted by Gasteiger charge is 2.22. The van der Waals surface area contributed by atoms with E-state index < -0.39 is 17.8 Å². The molecule has 0 N–H and O–H groups in total. The van der Waals surface area contributed by atoms with E-state index in [4.69, 9.17) is 4.74 Å². The lowest BCUT2D eigenvalue weighted by atomic mass is 9.77. The Hall–Kier alpha value is -2.23. The summed E-state index contributed by atoms with van der Waals surface area (Å²) in [5, 5.41) is 0. The molecule has 4 heteroatoms. The number of aryl methyl sites for hydroxylation is 1. The Morgan fingerprint density at radius 2 is 1.72 bits per heavy atom. The molecule has 32 heavy (non-hydrogen) atoms. The van der Waals surface area contributed by atoms with Gasteiger partial charge in [-0.25, -0.2) is 13.2 Å². The summed E-state index contributed by atoms with van der Waals surface area (Å²) in [4.78, 5) is 0. The van der Waals surface area contributed by atoms with E-state index in [1.165, 1.54) is 61.8 Å². The van der Waals surface area contributed by atoms with Crippen molar-refractivity contribution in [1.82, 2.24) is 0 Å². The quantitative estimate of drug-likeness (QED) is 0.355. The van der Waals surface area contributed by atoms with Gasteiger partial charge in [-0.3, -0.25) is 0 Å². The molecule has 0 bridgehead atoms. The molecule has 0 aliphatic heterocycles. The molecule has 0 heterocycles. The Morgan fingerprint density at radius 3 is 2.34 bits per heavy atom. The van der Waals surface area contributed by atoms with Gasteiger partial charge in [0.15, 0.2) is 11.6 Å². The molecular formula is C28H35F3O. The molecule has 174 valence electrons. The molecule has 0 amide bonds. The minimum absolute atomic E-state index is 0.126. The molecule has 0 atom stereocenters. The maximum Gasteiger partial charge on any atom is 0.267 e. The number of alkyl halides is 2. The van der Waals surface area contributed by atoms with Crippen LogP contribution in [0.5, 0.6) is 5.75 Å². The van der Waals surface area contributed by atoms with E-state index in [1.807, 2.05) is 6.08 Å². The van der Waals surface area contributed by atoms with Gasteiger partial charge in [-0.05, 0) is 80.0 Å². The van der Waals surface area contributed by atoms with Gasteiger partial charge in [-0.15, -0.1) is 0 Å². The molecule has 1 saturated carbocycles. The second kappa shape index (κ2) is 12.1. The maximum absolute atomic E-state index is 14.4. The van der Waals surface area contributed by atoms with Crippen molar-refractivity contribution in [3.63, 3.8) is 0 Å². The molecule has 0 radical (unpaired) electrons. The number of benzene rings is 2. The first-order chi connectivity index (χ1) is 15.5. The summed E-state index contributed by atoms with van der Waals surface area (Å²) in [6.45, 7) is 4.20. The summed E-state index contributed by atoms with van der Waals surface area (Å²) in [6, 6.07) is 11.8. The number of rotatable bonds is 10. The Morgan fingerprint density at radius 1 is 1.00 bits per heavy atom. The molecule has 1 aliphatic carbocycles. The molecule has 0 aromatic heterocycles. The predicted octanol–water partition coefficient (Wildman–Crippen LogP) is 8.88. The summed E-state index contributed by atoms with van der Waals surface area (Å²) in [5.41, 5.74) is 2.27. The topological polar surface area (TPSA) is 9.23 Å². The lowest BCUT2D eigenvalue weighted by Gasteiger charge is -2.28. The molecule has 1 aliphatic rings. The number of halogens is 3. The summed E-state index contributed by atoms with van der Waals surface area (Å²) in [7, 11) is 0. The Bertz CT molecular complexity index is 865. The predicted molar refractivity (Wildman–Crippen MR) is 126 cm³/mol. The first-order valence-electron chi connectivity index (χ1n) is 12.0. The smallest absolute Gasteiger partial charge is 0.267 e. The molecule has 0 unspecified atom stereocenters.